The van der Waals surface area contributed by atoms with Crippen molar-refractivity contribution < 1.29 is 0 Å². The van der Waals surface area contributed by atoms with Gasteiger partial charge in [-0.25, -0.2) is 0 Å². The second-order valence-electron chi connectivity index (χ2n) is 11.5. The molecular formula is C42H34N4S. The minimum atomic E-state index is 0.446. The fourth-order valence-corrected chi connectivity index (χ4v) is 6.91. The van der Waals surface area contributed by atoms with E-state index in [0.29, 0.717) is 12.4 Å². The molecule has 6 aromatic carbocycles. The highest BCUT2D eigenvalue weighted by Gasteiger charge is 2.14. The maximum atomic E-state index is 6.60. The molecule has 0 aliphatic heterocycles. The van der Waals surface area contributed by atoms with Crippen molar-refractivity contribution in [2.24, 2.45) is 10.8 Å². The van der Waals surface area contributed by atoms with E-state index in [4.69, 9.17) is 10.7 Å². The van der Waals surface area contributed by atoms with Crippen molar-refractivity contribution in [1.29, 1.82) is 0 Å². The first-order valence-electron chi connectivity index (χ1n) is 15.7. The van der Waals surface area contributed by atoms with Crippen LogP contribution >= 0.6 is 11.3 Å². The highest BCUT2D eigenvalue weighted by atomic mass is 32.1. The molecule has 0 unspecified atom stereocenters. The predicted molar refractivity (Wildman–Crippen MR) is 201 cm³/mol. The average Bonchev–Trinajstić information content (AvgIpc) is 3.51. The number of nitrogens with zero attached hydrogens (tertiary/aromatic N) is 2. The van der Waals surface area contributed by atoms with E-state index in [1.165, 1.54) is 31.1 Å². The number of hydrogen-bond donors (Lipinski definition) is 2. The number of rotatable bonds is 6. The van der Waals surface area contributed by atoms with Gasteiger partial charge < -0.3 is 11.2 Å². The number of aromatic nitrogens is 1. The fraction of sp³-hybridized carbons (Fsp3) is 0.0476. The molecule has 0 atom stereocenters. The zero-order valence-corrected chi connectivity index (χ0v) is 26.9. The van der Waals surface area contributed by atoms with Crippen LogP contribution in [-0.4, -0.2) is 10.8 Å². The van der Waals surface area contributed by atoms with Crippen molar-refractivity contribution in [1.82, 2.24) is 10.4 Å². The quantitative estimate of drug-likeness (QED) is 0.110. The van der Waals surface area contributed by atoms with Gasteiger partial charge in [-0.15, -0.1) is 11.3 Å². The summed E-state index contributed by atoms with van der Waals surface area (Å²) in [6, 6.07) is 52.5. The first kappa shape index (κ1) is 29.9. The minimum absolute atomic E-state index is 0.446. The Kier molecular flexibility index (Phi) is 8.71. The molecule has 3 N–H and O–H groups in total. The van der Waals surface area contributed by atoms with Crippen LogP contribution in [0, 0.1) is 6.92 Å². The van der Waals surface area contributed by atoms with Gasteiger partial charge in [0, 0.05) is 27.4 Å². The molecule has 2 aromatic heterocycles. The third-order valence-corrected chi connectivity index (χ3v) is 9.34. The number of nitrogens with two attached hydrogens (primary N) is 1. The van der Waals surface area contributed by atoms with Crippen molar-refractivity contribution in [3.8, 4) is 22.3 Å². The molecule has 0 radical (unpaired) electrons. The molecule has 4 nitrogen and oxygen atoms in total. The van der Waals surface area contributed by atoms with Gasteiger partial charge in [-0.2, -0.15) is 5.10 Å². The van der Waals surface area contributed by atoms with Crippen LogP contribution in [0.4, 0.5) is 0 Å². The molecular weight excluding hydrogens is 593 g/mol. The van der Waals surface area contributed by atoms with Crippen molar-refractivity contribution in [2.75, 3.05) is 0 Å². The molecule has 2 heterocycles. The molecule has 0 amide bonds. The highest BCUT2D eigenvalue weighted by molar-refractivity contribution is 7.26. The first-order chi connectivity index (χ1) is 23.1. The third-order valence-electron chi connectivity index (χ3n) is 8.15. The summed E-state index contributed by atoms with van der Waals surface area (Å²) < 4.78 is 2.40. The van der Waals surface area contributed by atoms with E-state index in [1.54, 1.807) is 11.3 Å². The Bertz CT molecular complexity index is 2330. The van der Waals surface area contributed by atoms with Crippen molar-refractivity contribution in [3.05, 3.63) is 175 Å². The van der Waals surface area contributed by atoms with Crippen LogP contribution in [-0.2, 0) is 6.54 Å². The number of hydrogen-bond acceptors (Lipinski definition) is 4. The van der Waals surface area contributed by atoms with Crippen molar-refractivity contribution in [3.63, 3.8) is 0 Å². The zero-order valence-electron chi connectivity index (χ0n) is 26.1. The summed E-state index contributed by atoms with van der Waals surface area (Å²) in [5.74, 6) is 0.446. The summed E-state index contributed by atoms with van der Waals surface area (Å²) in [5, 5.41) is 8.14. The molecule has 5 heteroatoms. The second-order valence-corrected chi connectivity index (χ2v) is 12.5. The number of thiophene rings is 1. The largest absolute Gasteiger partial charge is 0.382 e. The van der Waals surface area contributed by atoms with E-state index < -0.39 is 0 Å². The summed E-state index contributed by atoms with van der Waals surface area (Å²) in [4.78, 5) is 4.75. The smallest absolute Gasteiger partial charge is 0.150 e. The Morgan fingerprint density at radius 3 is 2.17 bits per heavy atom. The van der Waals surface area contributed by atoms with Crippen LogP contribution in [0.15, 0.2) is 163 Å². The SMILES string of the molecule is Cc1ccccc1.N/C(=N\NCc1ccccc1)c1cc(-c2ccc3ccccc3c2)cc(-c2ccnc3c2sc2ccccc23)c1. The van der Waals surface area contributed by atoms with Gasteiger partial charge in [0.2, 0.25) is 0 Å². The van der Waals surface area contributed by atoms with Gasteiger partial charge >= 0.3 is 0 Å². The number of hydrazone groups is 1. The molecule has 0 fully saturated rings. The fourth-order valence-electron chi connectivity index (χ4n) is 5.71. The van der Waals surface area contributed by atoms with Gasteiger partial charge in [0.05, 0.1) is 16.8 Å². The molecule has 0 saturated carbocycles. The van der Waals surface area contributed by atoms with Crippen molar-refractivity contribution >= 4 is 48.2 Å². The van der Waals surface area contributed by atoms with Crippen LogP contribution in [0.3, 0.4) is 0 Å². The number of amidine groups is 1. The molecule has 0 bridgehead atoms. The van der Waals surface area contributed by atoms with E-state index >= 15 is 0 Å². The van der Waals surface area contributed by atoms with Crippen molar-refractivity contribution in [2.45, 2.75) is 13.5 Å². The molecule has 0 aliphatic carbocycles. The number of aryl methyl sites for hydroxylation is 1. The molecule has 8 aromatic rings. The summed E-state index contributed by atoms with van der Waals surface area (Å²) in [7, 11) is 0. The number of benzene rings is 6. The number of pyridine rings is 1. The summed E-state index contributed by atoms with van der Waals surface area (Å²) in [6.45, 7) is 2.69. The first-order valence-corrected chi connectivity index (χ1v) is 16.5. The topological polar surface area (TPSA) is 63.3 Å². The Morgan fingerprint density at radius 2 is 1.38 bits per heavy atom. The monoisotopic (exact) mass is 626 g/mol. The summed E-state index contributed by atoms with van der Waals surface area (Å²) in [6.07, 6.45) is 1.90. The summed E-state index contributed by atoms with van der Waals surface area (Å²) >= 11 is 1.78. The van der Waals surface area contributed by atoms with Crippen LogP contribution in [0.1, 0.15) is 16.7 Å². The van der Waals surface area contributed by atoms with Crippen LogP contribution in [0.5, 0.6) is 0 Å². The molecule has 8 rings (SSSR count). The van der Waals surface area contributed by atoms with Crippen LogP contribution in [0.2, 0.25) is 0 Å². The van der Waals surface area contributed by atoms with E-state index in [2.05, 4.69) is 133 Å². The van der Waals surface area contributed by atoms with E-state index in [9.17, 15) is 0 Å². The lowest BCUT2D eigenvalue weighted by Gasteiger charge is -2.12. The zero-order chi connectivity index (χ0) is 32.0. The van der Waals surface area contributed by atoms with Gasteiger partial charge in [-0.1, -0.05) is 121 Å². The normalized spacial score (nSPS) is 11.4. The maximum absolute atomic E-state index is 6.60. The van der Waals surface area contributed by atoms with Gasteiger partial charge in [0.15, 0.2) is 5.84 Å². The van der Waals surface area contributed by atoms with E-state index in [0.717, 1.165) is 38.9 Å². The molecule has 47 heavy (non-hydrogen) atoms. The molecule has 228 valence electrons. The predicted octanol–water partition coefficient (Wildman–Crippen LogP) is 10.3. The van der Waals surface area contributed by atoms with Gasteiger partial charge in [-0.3, -0.25) is 4.98 Å². The van der Waals surface area contributed by atoms with Crippen LogP contribution in [0.25, 0.3) is 53.3 Å². The maximum Gasteiger partial charge on any atom is 0.150 e. The Labute approximate surface area is 278 Å². The Morgan fingerprint density at radius 1 is 0.681 bits per heavy atom. The average molecular weight is 627 g/mol. The third kappa shape index (κ3) is 6.76. The molecule has 0 aliphatic rings. The summed E-state index contributed by atoms with van der Waals surface area (Å²) in [5.41, 5.74) is 18.6. The lowest BCUT2D eigenvalue weighted by atomic mass is 9.94. The second kappa shape index (κ2) is 13.7. The molecule has 0 spiro atoms. The standard InChI is InChI=1S/C35H26N4S.C7H8/c36-35(39-38-22-23-8-2-1-3-9-23)29-20-27(26-15-14-24-10-4-5-11-25(24)18-26)19-28(21-29)30-16-17-37-33-31-12-6-7-13-32(31)40-34(30)33;1-7-5-3-2-4-6-7/h1-21,38H,22H2,(H2,36,39);2-6H,1H3. The van der Waals surface area contributed by atoms with Gasteiger partial charge in [0.25, 0.3) is 0 Å². The highest BCUT2D eigenvalue weighted by Crippen LogP contribution is 2.40. The van der Waals surface area contributed by atoms with E-state index in [1.807, 2.05) is 42.6 Å². The van der Waals surface area contributed by atoms with Gasteiger partial charge in [-0.05, 0) is 76.3 Å². The van der Waals surface area contributed by atoms with Gasteiger partial charge in [0.1, 0.15) is 0 Å². The lowest BCUT2D eigenvalue weighted by Crippen LogP contribution is -2.19. The minimum Gasteiger partial charge on any atom is -0.382 e. The van der Waals surface area contributed by atoms with E-state index in [-0.39, 0.29) is 0 Å². The number of fused-ring (bicyclic) bond motifs is 4. The number of nitrogens with one attached hydrogen (secondary N) is 1. The lowest BCUT2D eigenvalue weighted by molar-refractivity contribution is 0.743. The Balaban J connectivity index is 0.000000447. The Hall–Kier alpha value is -5.78. The van der Waals surface area contributed by atoms with Crippen LogP contribution < -0.4 is 11.2 Å². The molecule has 0 saturated heterocycles.